The smallest absolute Gasteiger partial charge is 0.259 e. The number of ether oxygens (including phenoxy) is 2. The first-order valence-corrected chi connectivity index (χ1v) is 7.84. The maximum Gasteiger partial charge on any atom is 0.259 e. The quantitative estimate of drug-likeness (QED) is 0.813. The summed E-state index contributed by atoms with van der Waals surface area (Å²) < 4.78 is 11.1. The van der Waals surface area contributed by atoms with Gasteiger partial charge in [0, 0.05) is 18.3 Å². The summed E-state index contributed by atoms with van der Waals surface area (Å²) in [4.78, 5) is 23.6. The highest BCUT2D eigenvalue weighted by molar-refractivity contribution is 9.10. The maximum absolute atomic E-state index is 12.5. The largest absolute Gasteiger partial charge is 0.497 e. The molecule has 0 unspecified atom stereocenters. The number of rotatable bonds is 5. The van der Waals surface area contributed by atoms with Crippen molar-refractivity contribution in [2.75, 3.05) is 24.9 Å². The highest BCUT2D eigenvalue weighted by Gasteiger charge is 2.17. The number of hydrogen-bond donors (Lipinski definition) is 2. The molecule has 0 aliphatic heterocycles. The molecular formula is C17H17BrN2O4. The average Bonchev–Trinajstić information content (AvgIpc) is 2.55. The van der Waals surface area contributed by atoms with Gasteiger partial charge in [-0.1, -0.05) is 0 Å². The third kappa shape index (κ3) is 4.26. The summed E-state index contributed by atoms with van der Waals surface area (Å²) in [5.41, 5.74) is 1.59. The van der Waals surface area contributed by atoms with E-state index >= 15 is 0 Å². The van der Waals surface area contributed by atoms with Gasteiger partial charge in [-0.05, 0) is 52.3 Å². The van der Waals surface area contributed by atoms with Crippen LogP contribution in [0.5, 0.6) is 11.5 Å². The Morgan fingerprint density at radius 3 is 2.04 bits per heavy atom. The minimum atomic E-state index is -0.335. The second kappa shape index (κ2) is 7.83. The number of amides is 2. The number of halogens is 1. The number of benzene rings is 2. The van der Waals surface area contributed by atoms with Gasteiger partial charge in [0.15, 0.2) is 0 Å². The van der Waals surface area contributed by atoms with Crippen LogP contribution in [0.3, 0.4) is 0 Å². The zero-order chi connectivity index (χ0) is 17.7. The molecule has 0 aromatic heterocycles. The first kappa shape index (κ1) is 17.8. The monoisotopic (exact) mass is 392 g/mol. The molecule has 2 N–H and O–H groups in total. The molecule has 24 heavy (non-hydrogen) atoms. The second-order valence-corrected chi connectivity index (χ2v) is 5.76. The number of carbonyl (C=O) groups is 2. The molecule has 0 atom stereocenters. The summed E-state index contributed by atoms with van der Waals surface area (Å²) in [6.07, 6.45) is 0. The lowest BCUT2D eigenvalue weighted by molar-refractivity contribution is -0.114. The Labute approximate surface area is 148 Å². The topological polar surface area (TPSA) is 76.7 Å². The molecule has 0 aliphatic rings. The summed E-state index contributed by atoms with van der Waals surface area (Å²) >= 11 is 3.36. The molecule has 0 saturated carbocycles. The first-order chi connectivity index (χ1) is 11.4. The molecule has 2 aromatic rings. The number of hydrogen-bond acceptors (Lipinski definition) is 4. The van der Waals surface area contributed by atoms with Gasteiger partial charge in [-0.2, -0.15) is 0 Å². The van der Waals surface area contributed by atoms with Crippen molar-refractivity contribution in [3.63, 3.8) is 0 Å². The predicted molar refractivity (Wildman–Crippen MR) is 95.9 cm³/mol. The van der Waals surface area contributed by atoms with Gasteiger partial charge in [-0.15, -0.1) is 0 Å². The average molecular weight is 393 g/mol. The van der Waals surface area contributed by atoms with Crippen LogP contribution in [0, 0.1) is 0 Å². The SMILES string of the molecule is COc1cc(Br)c(OC)c(C(=O)Nc2ccc(NC(C)=O)cc2)c1. The van der Waals surface area contributed by atoms with Crippen molar-refractivity contribution < 1.29 is 19.1 Å². The minimum Gasteiger partial charge on any atom is -0.497 e. The molecular weight excluding hydrogens is 376 g/mol. The zero-order valence-corrected chi connectivity index (χ0v) is 15.1. The molecule has 0 bridgehead atoms. The fraction of sp³-hybridized carbons (Fsp3) is 0.176. The number of anilines is 2. The lowest BCUT2D eigenvalue weighted by Crippen LogP contribution is -2.14. The Balaban J connectivity index is 2.23. The Bertz CT molecular complexity index is 760. The summed E-state index contributed by atoms with van der Waals surface area (Å²) in [5.74, 6) is 0.466. The molecule has 2 aromatic carbocycles. The normalized spacial score (nSPS) is 10.0. The maximum atomic E-state index is 12.5. The fourth-order valence-corrected chi connectivity index (χ4v) is 2.70. The van der Waals surface area contributed by atoms with Crippen molar-refractivity contribution in [3.05, 3.63) is 46.4 Å². The van der Waals surface area contributed by atoms with Gasteiger partial charge >= 0.3 is 0 Å². The van der Waals surface area contributed by atoms with E-state index in [0.29, 0.717) is 32.9 Å². The molecule has 0 fully saturated rings. The van der Waals surface area contributed by atoms with E-state index in [0.717, 1.165) is 0 Å². The highest BCUT2D eigenvalue weighted by atomic mass is 79.9. The summed E-state index contributed by atoms with van der Waals surface area (Å²) in [6, 6.07) is 10.1. The van der Waals surface area contributed by atoms with E-state index in [1.54, 1.807) is 36.4 Å². The third-order valence-corrected chi connectivity index (χ3v) is 3.75. The van der Waals surface area contributed by atoms with E-state index in [1.807, 2.05) is 0 Å². The van der Waals surface area contributed by atoms with Crippen LogP contribution in [0.1, 0.15) is 17.3 Å². The second-order valence-electron chi connectivity index (χ2n) is 4.90. The molecule has 6 nitrogen and oxygen atoms in total. The molecule has 126 valence electrons. The molecule has 2 amide bonds. The van der Waals surface area contributed by atoms with Crippen molar-refractivity contribution in [3.8, 4) is 11.5 Å². The van der Waals surface area contributed by atoms with Gasteiger partial charge in [0.2, 0.25) is 5.91 Å². The number of methoxy groups -OCH3 is 2. The standard InChI is InChI=1S/C17H17BrN2O4/c1-10(21)19-11-4-6-12(7-5-11)20-17(22)14-8-13(23-2)9-15(18)16(14)24-3/h4-9H,1-3H3,(H,19,21)(H,20,22). The van der Waals surface area contributed by atoms with E-state index in [-0.39, 0.29) is 11.8 Å². The van der Waals surface area contributed by atoms with Gasteiger partial charge in [0.25, 0.3) is 5.91 Å². The van der Waals surface area contributed by atoms with E-state index in [4.69, 9.17) is 9.47 Å². The third-order valence-electron chi connectivity index (χ3n) is 3.16. The van der Waals surface area contributed by atoms with Crippen LogP contribution in [0.4, 0.5) is 11.4 Å². The van der Waals surface area contributed by atoms with Crippen LogP contribution in [-0.2, 0) is 4.79 Å². The van der Waals surface area contributed by atoms with Crippen LogP contribution in [-0.4, -0.2) is 26.0 Å². The summed E-state index contributed by atoms with van der Waals surface area (Å²) in [6.45, 7) is 1.43. The van der Waals surface area contributed by atoms with Crippen molar-refractivity contribution in [1.82, 2.24) is 0 Å². The molecule has 0 saturated heterocycles. The van der Waals surface area contributed by atoms with Gasteiger partial charge in [-0.25, -0.2) is 0 Å². The van der Waals surface area contributed by atoms with E-state index in [2.05, 4.69) is 26.6 Å². The molecule has 2 rings (SSSR count). The lowest BCUT2D eigenvalue weighted by atomic mass is 10.1. The minimum absolute atomic E-state index is 0.155. The van der Waals surface area contributed by atoms with Crippen LogP contribution in [0.15, 0.2) is 40.9 Å². The first-order valence-electron chi connectivity index (χ1n) is 7.05. The van der Waals surface area contributed by atoms with E-state index in [1.165, 1.54) is 21.1 Å². The van der Waals surface area contributed by atoms with Crippen LogP contribution in [0.2, 0.25) is 0 Å². The zero-order valence-electron chi connectivity index (χ0n) is 13.5. The predicted octanol–water partition coefficient (Wildman–Crippen LogP) is 3.68. The Kier molecular flexibility index (Phi) is 5.81. The molecule has 0 heterocycles. The van der Waals surface area contributed by atoms with Crippen LogP contribution >= 0.6 is 15.9 Å². The molecule has 0 radical (unpaired) electrons. The van der Waals surface area contributed by atoms with Gasteiger partial charge in [0.05, 0.1) is 24.3 Å². The van der Waals surface area contributed by atoms with Crippen LogP contribution in [0.25, 0.3) is 0 Å². The van der Waals surface area contributed by atoms with Gasteiger partial charge < -0.3 is 20.1 Å². The Morgan fingerprint density at radius 1 is 0.958 bits per heavy atom. The molecule has 7 heteroatoms. The van der Waals surface area contributed by atoms with Crippen LogP contribution < -0.4 is 20.1 Å². The summed E-state index contributed by atoms with van der Waals surface area (Å²) in [5, 5.41) is 5.45. The van der Waals surface area contributed by atoms with E-state index < -0.39 is 0 Å². The van der Waals surface area contributed by atoms with Crippen molar-refractivity contribution in [2.24, 2.45) is 0 Å². The molecule has 0 spiro atoms. The highest BCUT2D eigenvalue weighted by Crippen LogP contribution is 2.34. The molecule has 0 aliphatic carbocycles. The Morgan fingerprint density at radius 2 is 1.54 bits per heavy atom. The lowest BCUT2D eigenvalue weighted by Gasteiger charge is -2.13. The number of nitrogens with one attached hydrogen (secondary N) is 2. The fourth-order valence-electron chi connectivity index (χ4n) is 2.10. The van der Waals surface area contributed by atoms with E-state index in [9.17, 15) is 9.59 Å². The Hall–Kier alpha value is -2.54. The number of carbonyl (C=O) groups excluding carboxylic acids is 2. The van der Waals surface area contributed by atoms with Crippen molar-refractivity contribution >= 4 is 39.1 Å². The summed E-state index contributed by atoms with van der Waals surface area (Å²) in [7, 11) is 3.02. The van der Waals surface area contributed by atoms with Crippen molar-refractivity contribution in [2.45, 2.75) is 6.92 Å². The van der Waals surface area contributed by atoms with Gasteiger partial charge in [0.1, 0.15) is 11.5 Å². The van der Waals surface area contributed by atoms with Crippen molar-refractivity contribution in [1.29, 1.82) is 0 Å². The van der Waals surface area contributed by atoms with Gasteiger partial charge in [-0.3, -0.25) is 9.59 Å².